The second-order valence-corrected chi connectivity index (χ2v) is 12.7. The van der Waals surface area contributed by atoms with Crippen molar-refractivity contribution in [3.63, 3.8) is 0 Å². The summed E-state index contributed by atoms with van der Waals surface area (Å²) in [6.07, 6.45) is 7.88. The van der Waals surface area contributed by atoms with E-state index >= 15 is 0 Å². The Bertz CT molecular complexity index is 1200. The molecule has 7 aliphatic rings. The van der Waals surface area contributed by atoms with Gasteiger partial charge in [-0.2, -0.15) is 0 Å². The van der Waals surface area contributed by atoms with E-state index in [-0.39, 0.29) is 22.9 Å². The first-order chi connectivity index (χ1) is 17.6. The van der Waals surface area contributed by atoms with Crippen LogP contribution >= 0.6 is 0 Å². The first kappa shape index (κ1) is 22.0. The SMILES string of the molecule is COc1ccc2c3c1O[C@@H]1C34CCN(CC3CC3)C(C2)[C@]42CC[C@@]1(O)[C@@H](CNCc1ccccc1)C2. The predicted octanol–water partition coefficient (Wildman–Crippen LogP) is 4.06. The molecule has 1 saturated heterocycles. The van der Waals surface area contributed by atoms with Crippen LogP contribution in [-0.4, -0.2) is 54.5 Å². The zero-order chi connectivity index (χ0) is 24.1. The Kier molecular flexibility index (Phi) is 4.57. The van der Waals surface area contributed by atoms with Crippen LogP contribution in [0.3, 0.4) is 0 Å². The number of rotatable bonds is 7. The van der Waals surface area contributed by atoms with Crippen LogP contribution in [0.1, 0.15) is 55.2 Å². The zero-order valence-corrected chi connectivity index (χ0v) is 21.3. The van der Waals surface area contributed by atoms with E-state index < -0.39 is 5.60 Å². The molecule has 2 aliphatic heterocycles. The van der Waals surface area contributed by atoms with Gasteiger partial charge in [-0.1, -0.05) is 36.4 Å². The van der Waals surface area contributed by atoms with Gasteiger partial charge in [0.05, 0.1) is 7.11 Å². The zero-order valence-electron chi connectivity index (χ0n) is 21.3. The number of methoxy groups -OCH3 is 1. The molecule has 5 fully saturated rings. The summed E-state index contributed by atoms with van der Waals surface area (Å²) in [4.78, 5) is 2.87. The Hall–Kier alpha value is -2.08. The van der Waals surface area contributed by atoms with Gasteiger partial charge in [-0.15, -0.1) is 0 Å². The number of nitrogens with zero attached hydrogens (tertiary/aromatic N) is 1. The number of piperidine rings is 1. The number of aliphatic hydroxyl groups is 1. The molecular formula is C31H38N2O3. The molecule has 2 heterocycles. The molecule has 190 valence electrons. The number of hydrogen-bond acceptors (Lipinski definition) is 5. The molecule has 2 unspecified atom stereocenters. The van der Waals surface area contributed by atoms with Crippen molar-refractivity contribution in [2.45, 2.75) is 74.7 Å². The molecule has 2 aromatic rings. The molecule has 0 aromatic heterocycles. The Morgan fingerprint density at radius 1 is 1.11 bits per heavy atom. The van der Waals surface area contributed by atoms with Gasteiger partial charge in [-0.05, 0) is 74.6 Å². The smallest absolute Gasteiger partial charge is 0.165 e. The van der Waals surface area contributed by atoms with E-state index in [0.29, 0.717) is 6.04 Å². The van der Waals surface area contributed by atoms with E-state index in [4.69, 9.17) is 9.47 Å². The molecule has 0 amide bonds. The van der Waals surface area contributed by atoms with Gasteiger partial charge in [-0.25, -0.2) is 0 Å². The molecule has 0 radical (unpaired) electrons. The Balaban J connectivity index is 1.21. The van der Waals surface area contributed by atoms with Crippen LogP contribution in [0.15, 0.2) is 42.5 Å². The first-order valence-electron chi connectivity index (χ1n) is 14.2. The Morgan fingerprint density at radius 3 is 2.78 bits per heavy atom. The lowest BCUT2D eigenvalue weighted by molar-refractivity contribution is -0.267. The lowest BCUT2D eigenvalue weighted by atomic mass is 9.35. The minimum atomic E-state index is -0.812. The van der Waals surface area contributed by atoms with Crippen molar-refractivity contribution in [2.75, 3.05) is 26.7 Å². The minimum Gasteiger partial charge on any atom is -0.493 e. The van der Waals surface area contributed by atoms with E-state index in [2.05, 4.69) is 52.7 Å². The van der Waals surface area contributed by atoms with Crippen molar-refractivity contribution in [3.05, 3.63) is 59.2 Å². The third kappa shape index (κ3) is 2.67. The van der Waals surface area contributed by atoms with E-state index in [1.54, 1.807) is 7.11 Å². The molecule has 4 saturated carbocycles. The van der Waals surface area contributed by atoms with E-state index in [9.17, 15) is 5.11 Å². The van der Waals surface area contributed by atoms with Gasteiger partial charge in [0.2, 0.25) is 0 Å². The summed E-state index contributed by atoms with van der Waals surface area (Å²) in [6, 6.07) is 15.6. The van der Waals surface area contributed by atoms with Gasteiger partial charge in [0.25, 0.3) is 0 Å². The quantitative estimate of drug-likeness (QED) is 0.618. The van der Waals surface area contributed by atoms with E-state index in [1.165, 1.54) is 36.1 Å². The lowest BCUT2D eigenvalue weighted by Crippen LogP contribution is -2.81. The van der Waals surface area contributed by atoms with Crippen molar-refractivity contribution < 1.29 is 14.6 Å². The summed E-state index contributed by atoms with van der Waals surface area (Å²) in [5, 5.41) is 16.2. The van der Waals surface area contributed by atoms with Crippen LogP contribution in [0, 0.1) is 17.3 Å². The van der Waals surface area contributed by atoms with Gasteiger partial charge in [-0.3, -0.25) is 4.90 Å². The number of fused-ring (bicyclic) bond motifs is 2. The van der Waals surface area contributed by atoms with Crippen LogP contribution in [0.4, 0.5) is 0 Å². The standard InChI is InChI=1S/C31H38N2O3/c1-35-24-10-9-22-15-25-29-11-12-31(34,23(16-29)18-32-17-20-5-3-2-4-6-20)28-30(29,26(22)27(24)36-28)13-14-33(25)19-21-7-8-21/h2-6,9-10,21,23,25,28,32,34H,7-8,11-19H2,1H3/t23-,25?,28-,29-,30?,31-/m1/s1. The molecule has 2 spiro atoms. The lowest BCUT2D eigenvalue weighted by Gasteiger charge is -2.73. The summed E-state index contributed by atoms with van der Waals surface area (Å²) in [5.41, 5.74) is 3.41. The third-order valence-electron chi connectivity index (χ3n) is 11.2. The molecule has 6 atom stereocenters. The summed E-state index contributed by atoms with van der Waals surface area (Å²) >= 11 is 0. The molecule has 5 nitrogen and oxygen atoms in total. The summed E-state index contributed by atoms with van der Waals surface area (Å²) in [6.45, 7) is 4.06. The maximum Gasteiger partial charge on any atom is 0.165 e. The normalized spacial score (nSPS) is 39.6. The van der Waals surface area contributed by atoms with Crippen molar-refractivity contribution >= 4 is 0 Å². The van der Waals surface area contributed by atoms with Crippen LogP contribution < -0.4 is 14.8 Å². The molecule has 2 aromatic carbocycles. The van der Waals surface area contributed by atoms with Crippen LogP contribution in [-0.2, 0) is 18.4 Å². The molecule has 5 aliphatic carbocycles. The third-order valence-corrected chi connectivity index (χ3v) is 11.2. The highest BCUT2D eigenvalue weighted by atomic mass is 16.5. The second kappa shape index (κ2) is 7.49. The van der Waals surface area contributed by atoms with Gasteiger partial charge in [0.15, 0.2) is 11.5 Å². The molecule has 5 heteroatoms. The maximum atomic E-state index is 12.5. The van der Waals surface area contributed by atoms with E-state index in [1.807, 2.05) is 0 Å². The summed E-state index contributed by atoms with van der Waals surface area (Å²) < 4.78 is 12.8. The second-order valence-electron chi connectivity index (χ2n) is 12.7. The van der Waals surface area contributed by atoms with Gasteiger partial charge < -0.3 is 19.9 Å². The predicted molar refractivity (Wildman–Crippen MR) is 138 cm³/mol. The van der Waals surface area contributed by atoms with E-state index in [0.717, 1.165) is 69.2 Å². The molecular weight excluding hydrogens is 448 g/mol. The molecule has 4 bridgehead atoms. The van der Waals surface area contributed by atoms with Gasteiger partial charge >= 0.3 is 0 Å². The van der Waals surface area contributed by atoms with Crippen LogP contribution in [0.2, 0.25) is 0 Å². The number of ether oxygens (including phenoxy) is 2. The molecule has 9 rings (SSSR count). The van der Waals surface area contributed by atoms with Crippen molar-refractivity contribution in [3.8, 4) is 11.5 Å². The highest BCUT2D eigenvalue weighted by Crippen LogP contribution is 2.76. The Morgan fingerprint density at radius 2 is 1.97 bits per heavy atom. The average Bonchev–Trinajstić information content (AvgIpc) is 3.64. The molecule has 36 heavy (non-hydrogen) atoms. The Labute approximate surface area is 214 Å². The number of nitrogens with one attached hydrogen (secondary N) is 1. The van der Waals surface area contributed by atoms with Crippen LogP contribution in [0.25, 0.3) is 0 Å². The monoisotopic (exact) mass is 486 g/mol. The van der Waals surface area contributed by atoms with Gasteiger partial charge in [0.1, 0.15) is 11.7 Å². The summed E-state index contributed by atoms with van der Waals surface area (Å²) in [5.74, 6) is 2.87. The number of likely N-dealkylation sites (tertiary alicyclic amines) is 1. The topological polar surface area (TPSA) is 54.0 Å². The fourth-order valence-electron chi connectivity index (χ4n) is 9.57. The fourth-order valence-corrected chi connectivity index (χ4v) is 9.57. The maximum absolute atomic E-state index is 12.5. The number of hydrogen-bond donors (Lipinski definition) is 2. The highest BCUT2D eigenvalue weighted by molar-refractivity contribution is 5.63. The average molecular weight is 487 g/mol. The fraction of sp³-hybridized carbons (Fsp3) is 0.613. The van der Waals surface area contributed by atoms with Crippen LogP contribution in [0.5, 0.6) is 11.5 Å². The summed E-state index contributed by atoms with van der Waals surface area (Å²) in [7, 11) is 1.75. The van der Waals surface area contributed by atoms with Crippen molar-refractivity contribution in [1.29, 1.82) is 0 Å². The van der Waals surface area contributed by atoms with Crippen molar-refractivity contribution in [2.24, 2.45) is 17.3 Å². The highest BCUT2D eigenvalue weighted by Gasteiger charge is 2.80. The van der Waals surface area contributed by atoms with Gasteiger partial charge in [0, 0.05) is 48.0 Å². The minimum absolute atomic E-state index is 0.0852. The van der Waals surface area contributed by atoms with Crippen molar-refractivity contribution in [1.82, 2.24) is 10.2 Å². The number of benzene rings is 2. The molecule has 2 N–H and O–H groups in total. The first-order valence-corrected chi connectivity index (χ1v) is 14.2. The largest absolute Gasteiger partial charge is 0.493 e.